The van der Waals surface area contributed by atoms with Gasteiger partial charge < -0.3 is 0 Å². The quantitative estimate of drug-likeness (QED) is 0.835. The molecule has 0 spiro atoms. The van der Waals surface area contributed by atoms with E-state index in [1.165, 1.54) is 30.8 Å². The van der Waals surface area contributed by atoms with Gasteiger partial charge in [0, 0.05) is 18.1 Å². The SMILES string of the molecule is CCC1(C)CCN(Cc2nnsc2Cl)CC1. The first-order valence-electron chi connectivity index (χ1n) is 5.82. The Labute approximate surface area is 106 Å². The number of aromatic nitrogens is 2. The van der Waals surface area contributed by atoms with Crippen LogP contribution >= 0.6 is 23.1 Å². The Hall–Kier alpha value is -0.190. The van der Waals surface area contributed by atoms with E-state index in [2.05, 4.69) is 28.3 Å². The largest absolute Gasteiger partial charge is 0.297 e. The second-order valence-corrected chi connectivity index (χ2v) is 6.29. The number of halogens is 1. The fraction of sp³-hybridized carbons (Fsp3) is 0.818. The maximum absolute atomic E-state index is 6.01. The van der Waals surface area contributed by atoms with Crippen molar-refractivity contribution in [3.63, 3.8) is 0 Å². The van der Waals surface area contributed by atoms with E-state index in [1.54, 1.807) is 0 Å². The first-order valence-corrected chi connectivity index (χ1v) is 6.97. The summed E-state index contributed by atoms with van der Waals surface area (Å²) in [7, 11) is 0. The Bertz CT molecular complexity index is 345. The zero-order chi connectivity index (χ0) is 11.6. The van der Waals surface area contributed by atoms with Gasteiger partial charge in [-0.3, -0.25) is 4.90 Å². The molecule has 0 aliphatic carbocycles. The summed E-state index contributed by atoms with van der Waals surface area (Å²) in [4.78, 5) is 2.43. The van der Waals surface area contributed by atoms with E-state index >= 15 is 0 Å². The molecule has 0 radical (unpaired) electrons. The van der Waals surface area contributed by atoms with E-state index in [9.17, 15) is 0 Å². The Kier molecular flexibility index (Phi) is 3.82. The van der Waals surface area contributed by atoms with Crippen LogP contribution in [0.3, 0.4) is 0 Å². The van der Waals surface area contributed by atoms with Crippen molar-refractivity contribution in [3.8, 4) is 0 Å². The monoisotopic (exact) mass is 259 g/mol. The number of hydrogen-bond donors (Lipinski definition) is 0. The molecule has 1 saturated heterocycles. The van der Waals surface area contributed by atoms with Gasteiger partial charge in [0.25, 0.3) is 0 Å². The number of hydrogen-bond acceptors (Lipinski definition) is 4. The Balaban J connectivity index is 1.88. The molecule has 16 heavy (non-hydrogen) atoms. The number of nitrogens with zero attached hydrogens (tertiary/aromatic N) is 3. The minimum atomic E-state index is 0.542. The van der Waals surface area contributed by atoms with Crippen molar-refractivity contribution < 1.29 is 0 Å². The van der Waals surface area contributed by atoms with Gasteiger partial charge in [-0.15, -0.1) is 5.10 Å². The molecule has 90 valence electrons. The fourth-order valence-corrected chi connectivity index (χ4v) is 2.72. The lowest BCUT2D eigenvalue weighted by atomic mass is 9.78. The van der Waals surface area contributed by atoms with E-state index in [4.69, 9.17) is 11.6 Å². The summed E-state index contributed by atoms with van der Waals surface area (Å²) in [6.07, 6.45) is 3.83. The highest BCUT2D eigenvalue weighted by atomic mass is 35.5. The summed E-state index contributed by atoms with van der Waals surface area (Å²) in [6.45, 7) is 7.84. The van der Waals surface area contributed by atoms with Crippen LogP contribution in [0.25, 0.3) is 0 Å². The molecule has 3 nitrogen and oxygen atoms in total. The molecule has 1 aromatic heterocycles. The van der Waals surface area contributed by atoms with Crippen LogP contribution in [-0.2, 0) is 6.54 Å². The molecule has 1 aliphatic rings. The Morgan fingerprint density at radius 1 is 1.44 bits per heavy atom. The minimum Gasteiger partial charge on any atom is -0.297 e. The topological polar surface area (TPSA) is 29.0 Å². The normalized spacial score (nSPS) is 21.2. The fourth-order valence-electron chi connectivity index (χ4n) is 2.11. The molecule has 0 unspecified atom stereocenters. The summed E-state index contributed by atoms with van der Waals surface area (Å²) in [5.41, 5.74) is 1.48. The molecule has 2 heterocycles. The highest BCUT2D eigenvalue weighted by Gasteiger charge is 2.28. The highest BCUT2D eigenvalue weighted by molar-refractivity contribution is 7.10. The second-order valence-electron chi connectivity index (χ2n) is 4.93. The summed E-state index contributed by atoms with van der Waals surface area (Å²) in [5.74, 6) is 0. The van der Waals surface area contributed by atoms with Crippen LogP contribution in [0.2, 0.25) is 4.34 Å². The van der Waals surface area contributed by atoms with Crippen molar-refractivity contribution in [2.45, 2.75) is 39.7 Å². The van der Waals surface area contributed by atoms with Crippen molar-refractivity contribution in [3.05, 3.63) is 10.0 Å². The molecule has 1 aromatic rings. The third kappa shape index (κ3) is 2.73. The molecular formula is C11H18ClN3S. The van der Waals surface area contributed by atoms with Crippen molar-refractivity contribution in [1.82, 2.24) is 14.5 Å². The summed E-state index contributed by atoms with van der Waals surface area (Å²) < 4.78 is 4.60. The molecule has 0 aromatic carbocycles. The molecule has 0 atom stereocenters. The smallest absolute Gasteiger partial charge is 0.138 e. The van der Waals surface area contributed by atoms with E-state index in [0.717, 1.165) is 29.7 Å². The van der Waals surface area contributed by atoms with Crippen LogP contribution in [0.1, 0.15) is 38.8 Å². The molecule has 1 aliphatic heterocycles. The molecular weight excluding hydrogens is 242 g/mol. The van der Waals surface area contributed by atoms with Crippen molar-refractivity contribution in [1.29, 1.82) is 0 Å². The molecule has 0 bridgehead atoms. The maximum Gasteiger partial charge on any atom is 0.138 e. The number of piperidine rings is 1. The maximum atomic E-state index is 6.01. The van der Waals surface area contributed by atoms with Crippen LogP contribution in [0.4, 0.5) is 0 Å². The van der Waals surface area contributed by atoms with Gasteiger partial charge >= 0.3 is 0 Å². The van der Waals surface area contributed by atoms with E-state index in [0.29, 0.717) is 5.41 Å². The third-order valence-corrected chi connectivity index (χ3v) is 4.78. The van der Waals surface area contributed by atoms with Gasteiger partial charge in [0.05, 0.1) is 0 Å². The Morgan fingerprint density at radius 2 is 2.12 bits per heavy atom. The first-order chi connectivity index (χ1) is 7.63. The zero-order valence-electron chi connectivity index (χ0n) is 9.87. The van der Waals surface area contributed by atoms with Gasteiger partial charge in [-0.25, -0.2) is 0 Å². The van der Waals surface area contributed by atoms with Gasteiger partial charge in [-0.2, -0.15) is 0 Å². The van der Waals surface area contributed by atoms with Crippen molar-refractivity contribution in [2.75, 3.05) is 13.1 Å². The van der Waals surface area contributed by atoms with Gasteiger partial charge in [0.2, 0.25) is 0 Å². The van der Waals surface area contributed by atoms with Gasteiger partial charge in [-0.1, -0.05) is 36.4 Å². The molecule has 0 amide bonds. The molecule has 0 saturated carbocycles. The van der Waals surface area contributed by atoms with E-state index in [1.807, 2.05) is 0 Å². The summed E-state index contributed by atoms with van der Waals surface area (Å²) in [6, 6.07) is 0. The first kappa shape index (κ1) is 12.3. The average molecular weight is 260 g/mol. The minimum absolute atomic E-state index is 0.542. The lowest BCUT2D eigenvalue weighted by Crippen LogP contribution is -2.38. The van der Waals surface area contributed by atoms with Gasteiger partial charge in [0.15, 0.2) is 0 Å². The number of rotatable bonds is 3. The van der Waals surface area contributed by atoms with E-state index < -0.39 is 0 Å². The lowest BCUT2D eigenvalue weighted by molar-refractivity contribution is 0.109. The second kappa shape index (κ2) is 4.98. The van der Waals surface area contributed by atoms with Crippen molar-refractivity contribution >= 4 is 23.1 Å². The highest BCUT2D eigenvalue weighted by Crippen LogP contribution is 2.34. The van der Waals surface area contributed by atoms with E-state index in [-0.39, 0.29) is 0 Å². The van der Waals surface area contributed by atoms with Crippen LogP contribution < -0.4 is 0 Å². The molecule has 0 N–H and O–H groups in total. The lowest BCUT2D eigenvalue weighted by Gasteiger charge is -2.38. The predicted octanol–water partition coefficient (Wildman–Crippen LogP) is 3.20. The van der Waals surface area contributed by atoms with Crippen LogP contribution in [0.5, 0.6) is 0 Å². The zero-order valence-corrected chi connectivity index (χ0v) is 11.4. The predicted molar refractivity (Wildman–Crippen MR) is 67.8 cm³/mol. The standard InChI is InChI=1S/C11H18ClN3S/c1-3-11(2)4-6-15(7-5-11)8-9-10(12)16-14-13-9/h3-8H2,1-2H3. The van der Waals surface area contributed by atoms with Gasteiger partial charge in [-0.05, 0) is 31.3 Å². The Morgan fingerprint density at radius 3 is 2.62 bits per heavy atom. The van der Waals surface area contributed by atoms with Crippen LogP contribution in [0.15, 0.2) is 0 Å². The van der Waals surface area contributed by atoms with Crippen LogP contribution in [-0.4, -0.2) is 27.6 Å². The van der Waals surface area contributed by atoms with Gasteiger partial charge in [0.1, 0.15) is 10.0 Å². The van der Waals surface area contributed by atoms with Crippen LogP contribution in [0, 0.1) is 5.41 Å². The summed E-state index contributed by atoms with van der Waals surface area (Å²) in [5, 5.41) is 4.06. The summed E-state index contributed by atoms with van der Waals surface area (Å²) >= 11 is 7.28. The third-order valence-electron chi connectivity index (χ3n) is 3.80. The average Bonchev–Trinajstić information content (AvgIpc) is 2.68. The number of likely N-dealkylation sites (tertiary alicyclic amines) is 1. The molecule has 5 heteroatoms. The van der Waals surface area contributed by atoms with Crippen molar-refractivity contribution in [2.24, 2.45) is 5.41 Å². The molecule has 1 fully saturated rings. The molecule has 2 rings (SSSR count).